The van der Waals surface area contributed by atoms with E-state index in [1.807, 2.05) is 0 Å². The third-order valence-corrected chi connectivity index (χ3v) is 3.12. The van der Waals surface area contributed by atoms with Crippen LogP contribution in [0.3, 0.4) is 0 Å². The van der Waals surface area contributed by atoms with Crippen molar-refractivity contribution in [3.05, 3.63) is 12.1 Å². The Morgan fingerprint density at radius 1 is 1.14 bits per heavy atom. The summed E-state index contributed by atoms with van der Waals surface area (Å²) in [6.07, 6.45) is -2.09. The van der Waals surface area contributed by atoms with Crippen molar-refractivity contribution in [2.75, 3.05) is 33.5 Å². The van der Waals surface area contributed by atoms with Gasteiger partial charge in [-0.15, -0.1) is 4.73 Å². The van der Waals surface area contributed by atoms with Crippen LogP contribution in [0.15, 0.2) is 12.1 Å². The number of rotatable bonds is 11. The molecular weight excluding hydrogens is 380 g/mol. The van der Waals surface area contributed by atoms with Crippen LogP contribution in [0.25, 0.3) is 0 Å². The fourth-order valence-corrected chi connectivity index (χ4v) is 1.80. The second-order valence-corrected chi connectivity index (χ2v) is 5.23. The Morgan fingerprint density at radius 3 is 2.32 bits per heavy atom. The molecule has 28 heavy (non-hydrogen) atoms. The number of nitrogens with one attached hydrogen (secondary N) is 2. The van der Waals surface area contributed by atoms with E-state index >= 15 is 0 Å². The van der Waals surface area contributed by atoms with Gasteiger partial charge in [0.2, 0.25) is 11.8 Å². The number of carbonyl (C=O) groups excluding carboxylic acids is 3. The molecular formula is C15H24N4O9. The lowest BCUT2D eigenvalue weighted by Crippen LogP contribution is -2.35. The zero-order valence-electron chi connectivity index (χ0n) is 15.3. The van der Waals surface area contributed by atoms with Crippen LogP contribution < -0.4 is 21.2 Å². The zero-order chi connectivity index (χ0) is 20.9. The van der Waals surface area contributed by atoms with E-state index < -0.39 is 36.0 Å². The second kappa shape index (κ2) is 12.2. The molecule has 0 aromatic carbocycles. The number of hydrogen-bond acceptors (Lipinski definition) is 10. The molecule has 1 aromatic rings. The molecule has 0 saturated carbocycles. The van der Waals surface area contributed by atoms with Gasteiger partial charge in [-0.1, -0.05) is 0 Å². The summed E-state index contributed by atoms with van der Waals surface area (Å²) in [6.45, 7) is -0.445. The Kier molecular flexibility index (Phi) is 9.99. The monoisotopic (exact) mass is 404 g/mol. The third-order valence-electron chi connectivity index (χ3n) is 3.12. The Hall–Kier alpha value is -3.19. The van der Waals surface area contributed by atoms with Crippen molar-refractivity contribution in [1.82, 2.24) is 15.4 Å². The lowest BCUT2D eigenvalue weighted by Gasteiger charge is -2.18. The molecule has 1 unspecified atom stereocenters. The number of aromatic nitrogens is 1. The van der Waals surface area contributed by atoms with Crippen LogP contribution in [-0.4, -0.2) is 72.7 Å². The highest BCUT2D eigenvalue weighted by molar-refractivity contribution is 5.70. The molecule has 0 aliphatic carbocycles. The van der Waals surface area contributed by atoms with Crippen LogP contribution in [0.4, 0.5) is 9.59 Å². The van der Waals surface area contributed by atoms with Crippen molar-refractivity contribution >= 4 is 18.2 Å². The van der Waals surface area contributed by atoms with Crippen molar-refractivity contribution in [3.8, 4) is 11.8 Å². The topological polar surface area (TPSA) is 184 Å². The van der Waals surface area contributed by atoms with Gasteiger partial charge in [-0.25, -0.2) is 14.4 Å². The first-order chi connectivity index (χ1) is 13.4. The smallest absolute Gasteiger partial charge is 0.408 e. The fourth-order valence-electron chi connectivity index (χ4n) is 1.80. The predicted octanol–water partition coefficient (Wildman–Crippen LogP) is -0.982. The van der Waals surface area contributed by atoms with Crippen LogP contribution in [0, 0.1) is 0 Å². The Bertz CT molecular complexity index is 630. The number of hydrogen-bond donors (Lipinski definition) is 5. The van der Waals surface area contributed by atoms with E-state index in [2.05, 4.69) is 10.6 Å². The lowest BCUT2D eigenvalue weighted by atomic mass is 10.3. The van der Waals surface area contributed by atoms with Gasteiger partial charge in [0.15, 0.2) is 0 Å². The normalized spacial score (nSPS) is 11.4. The minimum atomic E-state index is -0.769. The maximum Gasteiger partial charge on any atom is 0.408 e. The molecule has 158 valence electrons. The van der Waals surface area contributed by atoms with E-state index in [0.717, 1.165) is 12.1 Å². The minimum absolute atomic E-state index is 0.0579. The SMILES string of the molecule is CNC(=O)OCC(COC(=O)NCN)OCCCC(=O)On1c(O)ccc1O. The molecule has 1 atom stereocenters. The van der Waals surface area contributed by atoms with Crippen LogP contribution in [0.1, 0.15) is 12.8 Å². The van der Waals surface area contributed by atoms with Crippen LogP contribution in [-0.2, 0) is 19.0 Å². The summed E-state index contributed by atoms with van der Waals surface area (Å²) in [6, 6.07) is 2.31. The Morgan fingerprint density at radius 2 is 1.75 bits per heavy atom. The standard InChI is InChI=1S/C15H24N4O9/c1-17-14(23)26-7-10(8-27-15(24)18-9-16)25-6-2-3-13(22)28-19-11(20)4-5-12(19)21/h4-5,10,20-21H,2-3,6-9,16H2,1H3,(H,17,23)(H,18,24). The van der Waals surface area contributed by atoms with Gasteiger partial charge in [0.25, 0.3) is 0 Å². The van der Waals surface area contributed by atoms with Crippen molar-refractivity contribution in [1.29, 1.82) is 0 Å². The molecule has 13 nitrogen and oxygen atoms in total. The van der Waals surface area contributed by atoms with E-state index in [9.17, 15) is 24.6 Å². The van der Waals surface area contributed by atoms with Gasteiger partial charge < -0.3 is 45.6 Å². The molecule has 1 rings (SSSR count). The summed E-state index contributed by atoms with van der Waals surface area (Å²) in [4.78, 5) is 38.9. The van der Waals surface area contributed by atoms with Crippen LogP contribution >= 0.6 is 0 Å². The molecule has 0 spiro atoms. The van der Waals surface area contributed by atoms with Gasteiger partial charge in [-0.05, 0) is 6.42 Å². The first-order valence-corrected chi connectivity index (χ1v) is 8.25. The number of nitrogens with zero attached hydrogens (tertiary/aromatic N) is 1. The molecule has 13 heteroatoms. The largest absolute Gasteiger partial charge is 0.492 e. The van der Waals surface area contributed by atoms with Crippen molar-refractivity contribution in [3.63, 3.8) is 0 Å². The maximum absolute atomic E-state index is 11.7. The molecule has 0 saturated heterocycles. The average Bonchev–Trinajstić information content (AvgIpc) is 2.98. The Balaban J connectivity index is 2.37. The first-order valence-electron chi connectivity index (χ1n) is 8.25. The molecule has 6 N–H and O–H groups in total. The second-order valence-electron chi connectivity index (χ2n) is 5.23. The highest BCUT2D eigenvalue weighted by atomic mass is 16.7. The average molecular weight is 404 g/mol. The van der Waals surface area contributed by atoms with Crippen molar-refractivity contribution < 1.29 is 43.6 Å². The van der Waals surface area contributed by atoms with Crippen LogP contribution in [0.2, 0.25) is 0 Å². The summed E-state index contributed by atoms with van der Waals surface area (Å²) in [5.41, 5.74) is 5.15. The lowest BCUT2D eigenvalue weighted by molar-refractivity contribution is -0.146. The van der Waals surface area contributed by atoms with E-state index in [-0.39, 0.29) is 39.3 Å². The number of alkyl carbamates (subject to hydrolysis) is 2. The fraction of sp³-hybridized carbons (Fsp3) is 0.533. The number of ether oxygens (including phenoxy) is 3. The van der Waals surface area contributed by atoms with E-state index in [1.54, 1.807) is 0 Å². The Labute approximate surface area is 160 Å². The molecule has 0 aliphatic heterocycles. The molecule has 2 amide bonds. The van der Waals surface area contributed by atoms with Gasteiger partial charge in [0.1, 0.15) is 19.3 Å². The number of carbonyl (C=O) groups is 3. The summed E-state index contributed by atoms with van der Waals surface area (Å²) >= 11 is 0. The molecule has 0 radical (unpaired) electrons. The minimum Gasteiger partial charge on any atom is -0.492 e. The van der Waals surface area contributed by atoms with E-state index in [0.29, 0.717) is 4.73 Å². The molecule has 1 aromatic heterocycles. The zero-order valence-corrected chi connectivity index (χ0v) is 15.3. The third kappa shape index (κ3) is 8.46. The molecule has 0 bridgehead atoms. The highest BCUT2D eigenvalue weighted by Crippen LogP contribution is 2.18. The summed E-state index contributed by atoms with van der Waals surface area (Å²) in [7, 11) is 1.38. The van der Waals surface area contributed by atoms with Gasteiger partial charge in [-0.2, -0.15) is 0 Å². The van der Waals surface area contributed by atoms with Gasteiger partial charge in [0.05, 0.1) is 13.1 Å². The van der Waals surface area contributed by atoms with Gasteiger partial charge in [-0.3, -0.25) is 0 Å². The van der Waals surface area contributed by atoms with E-state index in [4.69, 9.17) is 24.8 Å². The first kappa shape index (κ1) is 22.9. The number of aromatic hydroxyl groups is 2. The van der Waals surface area contributed by atoms with Gasteiger partial charge in [0, 0.05) is 25.8 Å². The predicted molar refractivity (Wildman–Crippen MR) is 92.3 cm³/mol. The highest BCUT2D eigenvalue weighted by Gasteiger charge is 2.16. The van der Waals surface area contributed by atoms with Crippen molar-refractivity contribution in [2.24, 2.45) is 5.73 Å². The maximum atomic E-state index is 11.7. The summed E-state index contributed by atoms with van der Waals surface area (Å²) < 4.78 is 15.7. The molecule has 0 aliphatic rings. The van der Waals surface area contributed by atoms with Crippen LogP contribution in [0.5, 0.6) is 11.8 Å². The number of amides is 2. The summed E-state index contributed by atoms with van der Waals surface area (Å²) in [5.74, 6) is -1.58. The van der Waals surface area contributed by atoms with Crippen molar-refractivity contribution in [2.45, 2.75) is 18.9 Å². The number of nitrogens with two attached hydrogens (primary N) is 1. The van der Waals surface area contributed by atoms with E-state index in [1.165, 1.54) is 7.05 Å². The summed E-state index contributed by atoms with van der Waals surface area (Å²) in [5, 5.41) is 23.3. The molecule has 1 heterocycles. The van der Waals surface area contributed by atoms with Gasteiger partial charge >= 0.3 is 18.2 Å². The quantitative estimate of drug-likeness (QED) is 0.227. The molecule has 0 fully saturated rings.